The van der Waals surface area contributed by atoms with Gasteiger partial charge in [-0.1, -0.05) is 81.4 Å². The molecule has 2 aromatic rings. The molecule has 0 saturated carbocycles. The molecule has 1 fully saturated rings. The van der Waals surface area contributed by atoms with Crippen LogP contribution in [0.15, 0.2) is 60.7 Å². The van der Waals surface area contributed by atoms with E-state index in [1.165, 1.54) is 0 Å². The topological polar surface area (TPSA) is 64.6 Å². The Bertz CT molecular complexity index is 1190. The Morgan fingerprint density at radius 1 is 0.881 bits per heavy atom. The summed E-state index contributed by atoms with van der Waals surface area (Å²) in [5, 5.41) is 0.0723. The Balaban J connectivity index is 1.90. The summed E-state index contributed by atoms with van der Waals surface area (Å²) in [6.07, 6.45) is 3.27. The van der Waals surface area contributed by atoms with Crippen LogP contribution in [0.3, 0.4) is 0 Å². The lowest BCUT2D eigenvalue weighted by atomic mass is 10.00. The zero-order valence-electron chi connectivity index (χ0n) is 26.9. The van der Waals surface area contributed by atoms with Gasteiger partial charge in [0, 0.05) is 6.04 Å². The highest BCUT2D eigenvalue weighted by Crippen LogP contribution is 2.50. The smallest absolute Gasteiger partial charge is 0.216 e. The molecule has 9 heteroatoms. The second-order valence-electron chi connectivity index (χ2n) is 14.0. The van der Waals surface area contributed by atoms with Crippen molar-refractivity contribution in [1.29, 1.82) is 0 Å². The van der Waals surface area contributed by atoms with Crippen LogP contribution < -0.4 is 4.72 Å². The van der Waals surface area contributed by atoms with E-state index in [1.807, 2.05) is 59.9 Å². The van der Waals surface area contributed by atoms with E-state index in [4.69, 9.17) is 9.16 Å². The zero-order chi connectivity index (χ0) is 31.1. The third-order valence-electron chi connectivity index (χ3n) is 8.25. The summed E-state index contributed by atoms with van der Waals surface area (Å²) in [6.45, 7) is 17.8. The number of rotatable bonds is 14. The van der Waals surface area contributed by atoms with E-state index in [0.717, 1.165) is 41.9 Å². The van der Waals surface area contributed by atoms with Crippen LogP contribution in [0, 0.1) is 0 Å². The first-order chi connectivity index (χ1) is 19.5. The van der Waals surface area contributed by atoms with Crippen molar-refractivity contribution in [2.45, 2.75) is 113 Å². The molecule has 0 unspecified atom stereocenters. The fourth-order valence-electron chi connectivity index (χ4n) is 4.72. The maximum atomic E-state index is 13.4. The molecule has 1 aliphatic rings. The minimum atomic E-state index is -3.53. The second kappa shape index (κ2) is 15.0. The van der Waals surface area contributed by atoms with Gasteiger partial charge in [0.25, 0.3) is 0 Å². The average Bonchev–Trinajstić information content (AvgIpc) is 2.88. The first kappa shape index (κ1) is 35.7. The summed E-state index contributed by atoms with van der Waals surface area (Å²) >= 11 is 3.97. The van der Waals surface area contributed by atoms with Crippen LogP contribution in [0.2, 0.25) is 18.1 Å². The summed E-state index contributed by atoms with van der Waals surface area (Å²) in [4.78, 5) is 0. The lowest BCUT2D eigenvalue weighted by Crippen LogP contribution is -2.50. The van der Waals surface area contributed by atoms with Crippen molar-refractivity contribution in [3.05, 3.63) is 71.8 Å². The van der Waals surface area contributed by atoms with E-state index >= 15 is 0 Å². The van der Waals surface area contributed by atoms with E-state index in [-0.39, 0.29) is 21.3 Å². The Morgan fingerprint density at radius 2 is 1.43 bits per heavy atom. The fraction of sp³-hybridized carbons (Fsp3) is 0.636. The normalized spacial score (nSPS) is 18.0. The SMILES string of the molecule is CC(C)(C)[Si](C)(C)O[C@@H](COCc1ccccc1)CC1(C[C@H](Cc2ccccc2)NS(=O)(=O)C(C)(C)C)SCCCS1. The first-order valence-corrected chi connectivity index (χ1v) is 21.5. The van der Waals surface area contributed by atoms with Crippen molar-refractivity contribution >= 4 is 41.9 Å². The molecule has 0 spiro atoms. The Hall–Kier alpha value is -0.813. The van der Waals surface area contributed by atoms with Gasteiger partial charge in [-0.3, -0.25) is 0 Å². The molecule has 0 bridgehead atoms. The van der Waals surface area contributed by atoms with E-state index in [0.29, 0.717) is 19.6 Å². The monoisotopic (exact) mass is 651 g/mol. The summed E-state index contributed by atoms with van der Waals surface area (Å²) in [5.41, 5.74) is 2.29. The van der Waals surface area contributed by atoms with Gasteiger partial charge < -0.3 is 9.16 Å². The number of hydrogen-bond donors (Lipinski definition) is 1. The summed E-state index contributed by atoms with van der Waals surface area (Å²) in [5.74, 6) is 2.13. The van der Waals surface area contributed by atoms with Crippen molar-refractivity contribution < 1.29 is 17.6 Å². The van der Waals surface area contributed by atoms with Gasteiger partial charge in [-0.2, -0.15) is 0 Å². The summed E-state index contributed by atoms with van der Waals surface area (Å²) in [6, 6.07) is 20.3. The molecule has 0 amide bonds. The lowest BCUT2D eigenvalue weighted by Gasteiger charge is -2.44. The van der Waals surface area contributed by atoms with E-state index in [2.05, 4.69) is 62.9 Å². The molecule has 5 nitrogen and oxygen atoms in total. The highest BCUT2D eigenvalue weighted by atomic mass is 32.2. The Kier molecular flexibility index (Phi) is 12.7. The second-order valence-corrected chi connectivity index (χ2v) is 24.4. The van der Waals surface area contributed by atoms with Gasteiger partial charge in [0.15, 0.2) is 8.32 Å². The van der Waals surface area contributed by atoms with Gasteiger partial charge >= 0.3 is 0 Å². The Morgan fingerprint density at radius 3 is 1.95 bits per heavy atom. The standard InChI is InChI=1S/C33H53NO4S3Si/c1-31(2,3)41(35,36)34-29(22-27-16-11-9-12-17-27)23-33(39-20-15-21-40-33)24-30(38-42(7,8)32(4,5)6)26-37-25-28-18-13-10-14-19-28/h9-14,16-19,29-30,34H,15,20-26H2,1-8H3/t29-,30+/m0/s1. The summed E-state index contributed by atoms with van der Waals surface area (Å²) < 4.78 is 42.3. The van der Waals surface area contributed by atoms with Gasteiger partial charge in [-0.25, -0.2) is 13.1 Å². The van der Waals surface area contributed by atoms with Crippen molar-refractivity contribution in [2.75, 3.05) is 18.1 Å². The Labute approximate surface area is 265 Å². The molecule has 0 radical (unpaired) electrons. The number of thioether (sulfide) groups is 2. The number of sulfonamides is 1. The zero-order valence-corrected chi connectivity index (χ0v) is 30.4. The van der Waals surface area contributed by atoms with Crippen LogP contribution in [-0.2, 0) is 32.2 Å². The van der Waals surface area contributed by atoms with Crippen molar-refractivity contribution in [1.82, 2.24) is 4.72 Å². The molecule has 0 aliphatic carbocycles. The quantitative estimate of drug-likeness (QED) is 0.208. The van der Waals surface area contributed by atoms with Gasteiger partial charge in [0.2, 0.25) is 10.0 Å². The highest BCUT2D eigenvalue weighted by molar-refractivity contribution is 8.18. The largest absolute Gasteiger partial charge is 0.412 e. The third kappa shape index (κ3) is 10.7. The predicted octanol–water partition coefficient (Wildman–Crippen LogP) is 8.27. The third-order valence-corrected chi connectivity index (χ3v) is 18.5. The summed E-state index contributed by atoms with van der Waals surface area (Å²) in [7, 11) is -5.62. The number of nitrogens with one attached hydrogen (secondary N) is 1. The highest BCUT2D eigenvalue weighted by Gasteiger charge is 2.44. The molecular formula is C33H53NO4S3Si. The van der Waals surface area contributed by atoms with Crippen molar-refractivity contribution in [3.63, 3.8) is 0 Å². The first-order valence-electron chi connectivity index (χ1n) is 15.2. The lowest BCUT2D eigenvalue weighted by molar-refractivity contribution is 0.0287. The van der Waals surface area contributed by atoms with Gasteiger partial charge in [0.1, 0.15) is 0 Å². The molecule has 2 aromatic carbocycles. The van der Waals surface area contributed by atoms with E-state index < -0.39 is 23.1 Å². The van der Waals surface area contributed by atoms with Crippen LogP contribution in [0.1, 0.15) is 71.9 Å². The van der Waals surface area contributed by atoms with Crippen LogP contribution in [-0.4, -0.2) is 55.8 Å². The molecule has 1 N–H and O–H groups in total. The number of hydrogen-bond acceptors (Lipinski definition) is 6. The van der Waals surface area contributed by atoms with E-state index in [1.54, 1.807) is 20.8 Å². The molecule has 0 aromatic heterocycles. The van der Waals surface area contributed by atoms with Crippen molar-refractivity contribution in [2.24, 2.45) is 0 Å². The van der Waals surface area contributed by atoms with Gasteiger partial charge in [-0.05, 0) is 87.2 Å². The minimum Gasteiger partial charge on any atom is -0.412 e. The molecule has 236 valence electrons. The van der Waals surface area contributed by atoms with Gasteiger partial charge in [-0.15, -0.1) is 23.5 Å². The van der Waals surface area contributed by atoms with Crippen LogP contribution in [0.5, 0.6) is 0 Å². The maximum absolute atomic E-state index is 13.4. The molecule has 42 heavy (non-hydrogen) atoms. The fourth-order valence-corrected chi connectivity index (χ4v) is 10.6. The van der Waals surface area contributed by atoms with Crippen LogP contribution >= 0.6 is 23.5 Å². The average molecular weight is 652 g/mol. The number of benzene rings is 2. The molecule has 1 saturated heterocycles. The molecule has 2 atom stereocenters. The minimum absolute atomic E-state index is 0.0723. The molecule has 1 heterocycles. The number of ether oxygens (including phenoxy) is 1. The molecule has 3 rings (SSSR count). The van der Waals surface area contributed by atoms with Crippen molar-refractivity contribution in [3.8, 4) is 0 Å². The van der Waals surface area contributed by atoms with E-state index in [9.17, 15) is 8.42 Å². The van der Waals surface area contributed by atoms with Crippen LogP contribution in [0.4, 0.5) is 0 Å². The molecular weight excluding hydrogens is 599 g/mol. The molecule has 1 aliphatic heterocycles. The maximum Gasteiger partial charge on any atom is 0.216 e. The van der Waals surface area contributed by atoms with Crippen LogP contribution in [0.25, 0.3) is 0 Å². The van der Waals surface area contributed by atoms with Gasteiger partial charge in [0.05, 0.1) is 28.1 Å². The predicted molar refractivity (Wildman–Crippen MR) is 185 cm³/mol.